The second kappa shape index (κ2) is 6.44. The van der Waals surface area contributed by atoms with Gasteiger partial charge in [-0.2, -0.15) is 5.26 Å². The van der Waals surface area contributed by atoms with Gasteiger partial charge in [0.05, 0.1) is 5.92 Å². The number of amides is 1. The quantitative estimate of drug-likeness (QED) is 0.589. The van der Waals surface area contributed by atoms with E-state index in [2.05, 4.69) is 10.2 Å². The highest BCUT2D eigenvalue weighted by atomic mass is 17.1. The van der Waals surface area contributed by atoms with Crippen LogP contribution in [0.15, 0.2) is 0 Å². The predicted octanol–water partition coefficient (Wildman–Crippen LogP) is 1.94. The first-order chi connectivity index (χ1) is 9.29. The molecule has 0 saturated heterocycles. The second-order valence-corrected chi connectivity index (χ2v) is 4.52. The lowest BCUT2D eigenvalue weighted by molar-refractivity contribution is -0.238. The normalized spacial score (nSPS) is 20.8. The molecule has 0 aromatic rings. The number of ether oxygens (including phenoxy) is 1. The van der Waals surface area contributed by atoms with E-state index in [0.29, 0.717) is 0 Å². The van der Waals surface area contributed by atoms with Crippen molar-refractivity contribution in [3.8, 4) is 0 Å². The summed E-state index contributed by atoms with van der Waals surface area (Å²) in [6, 6.07) is -1.01. The Kier molecular flexibility index (Phi) is 3.67. The van der Waals surface area contributed by atoms with Crippen LogP contribution < -0.4 is 5.32 Å². The summed E-state index contributed by atoms with van der Waals surface area (Å²) >= 11 is 0. The van der Waals surface area contributed by atoms with Crippen LogP contribution >= 0.6 is 0 Å². The van der Waals surface area contributed by atoms with Crippen molar-refractivity contribution in [1.82, 2.24) is 5.32 Å². The summed E-state index contributed by atoms with van der Waals surface area (Å²) in [7, 11) is 0. The molecule has 0 fully saturated rings. The van der Waals surface area contributed by atoms with E-state index in [4.69, 9.17) is 15.5 Å². The molecule has 0 unspecified atom stereocenters. The molecule has 100 valence electrons. The molecular formula is C11H21NO5. The zero-order valence-electron chi connectivity index (χ0n) is 14.3. The largest absolute Gasteiger partial charge is 0.444 e. The fourth-order valence-electron chi connectivity index (χ4n) is 0.966. The van der Waals surface area contributed by atoms with E-state index in [1.807, 2.05) is 0 Å². The predicted molar refractivity (Wildman–Crippen MR) is 61.3 cm³/mol. The molecule has 0 spiro atoms. The lowest BCUT2D eigenvalue weighted by Crippen LogP contribution is -2.39. The van der Waals surface area contributed by atoms with Gasteiger partial charge in [-0.1, -0.05) is 6.85 Å². The standard InChI is InChI=1S/C11H21NO5/c1-7(9(13)17-15)6-8(2)12-10(14)16-11(3,4)5/h7-8,15H,6H2,1-5H3,(H,12,14)/t7-,8+/m0/s1/i1+0D3,6D/t6-,7+,8-/m1. The Balaban J connectivity index is 4.91. The van der Waals surface area contributed by atoms with Crippen molar-refractivity contribution in [1.29, 1.82) is 0 Å². The van der Waals surface area contributed by atoms with E-state index >= 15 is 0 Å². The van der Waals surface area contributed by atoms with Crippen LogP contribution in [0.5, 0.6) is 0 Å². The van der Waals surface area contributed by atoms with Crippen LogP contribution in [0, 0.1) is 5.92 Å². The van der Waals surface area contributed by atoms with Gasteiger partial charge in [0.25, 0.3) is 0 Å². The van der Waals surface area contributed by atoms with E-state index in [1.165, 1.54) is 6.92 Å². The van der Waals surface area contributed by atoms with Crippen molar-refractivity contribution >= 4 is 12.1 Å². The maximum absolute atomic E-state index is 11.6. The average molecular weight is 251 g/mol. The van der Waals surface area contributed by atoms with Gasteiger partial charge >= 0.3 is 12.1 Å². The molecule has 1 amide bonds. The summed E-state index contributed by atoms with van der Waals surface area (Å²) in [6.07, 6.45) is -2.39. The minimum atomic E-state index is -2.85. The third kappa shape index (κ3) is 7.57. The van der Waals surface area contributed by atoms with Crippen LogP contribution in [0.25, 0.3) is 0 Å². The molecule has 0 aliphatic rings. The zero-order valence-corrected chi connectivity index (χ0v) is 10.3. The molecule has 0 bridgehead atoms. The Bertz CT molecular complexity index is 380. The molecule has 0 heterocycles. The summed E-state index contributed by atoms with van der Waals surface area (Å²) in [5.74, 6) is -3.35. The average Bonchev–Trinajstić information content (AvgIpc) is 2.23. The van der Waals surface area contributed by atoms with Crippen molar-refractivity contribution in [2.45, 2.75) is 52.6 Å². The van der Waals surface area contributed by atoms with E-state index in [9.17, 15) is 9.59 Å². The van der Waals surface area contributed by atoms with Gasteiger partial charge < -0.3 is 14.9 Å². The molecule has 6 nitrogen and oxygen atoms in total. The van der Waals surface area contributed by atoms with Gasteiger partial charge in [-0.05, 0) is 34.1 Å². The summed E-state index contributed by atoms with van der Waals surface area (Å²) in [5, 5.41) is 10.6. The van der Waals surface area contributed by atoms with E-state index in [1.54, 1.807) is 20.8 Å². The fourth-order valence-corrected chi connectivity index (χ4v) is 0.966. The Morgan fingerprint density at radius 2 is 2.12 bits per heavy atom. The number of hydrogen-bond donors (Lipinski definition) is 2. The molecule has 0 radical (unpaired) electrons. The van der Waals surface area contributed by atoms with E-state index in [-0.39, 0.29) is 0 Å². The third-order valence-corrected chi connectivity index (χ3v) is 1.57. The number of nitrogens with one attached hydrogen (secondary N) is 1. The SMILES string of the molecule is [2H][C@H]([C@@H](C(=O)OO)[12C]([2H])([2H])[2H])[C@@H](C)NC(=O)OC(C)(C)C. The van der Waals surface area contributed by atoms with E-state index < -0.39 is 42.9 Å². The van der Waals surface area contributed by atoms with Gasteiger partial charge in [-0.25, -0.2) is 9.59 Å². The highest BCUT2D eigenvalue weighted by Crippen LogP contribution is 2.10. The lowest BCUT2D eigenvalue weighted by Gasteiger charge is -2.22. The van der Waals surface area contributed by atoms with Crippen LogP contribution in [-0.2, 0) is 14.4 Å². The molecule has 0 aromatic carbocycles. The Labute approximate surface area is 107 Å². The Hall–Kier alpha value is -1.30. The number of alkyl carbamates (subject to hydrolysis) is 1. The summed E-state index contributed by atoms with van der Waals surface area (Å²) in [5.41, 5.74) is -0.755. The molecule has 0 aliphatic heterocycles. The van der Waals surface area contributed by atoms with Crippen LogP contribution in [0.1, 0.15) is 46.4 Å². The first-order valence-corrected chi connectivity index (χ1v) is 5.06. The molecule has 6 heteroatoms. The van der Waals surface area contributed by atoms with Gasteiger partial charge in [0, 0.05) is 11.5 Å². The van der Waals surface area contributed by atoms with Gasteiger partial charge in [-0.3, -0.25) is 0 Å². The summed E-state index contributed by atoms with van der Waals surface area (Å²) in [4.78, 5) is 26.3. The molecule has 0 aliphatic carbocycles. The van der Waals surface area contributed by atoms with Crippen LogP contribution in [-0.4, -0.2) is 29.0 Å². The summed E-state index contributed by atoms with van der Waals surface area (Å²) in [6.45, 7) is 3.43. The minimum absolute atomic E-state index is 0.755. The van der Waals surface area contributed by atoms with Crippen LogP contribution in [0.4, 0.5) is 4.79 Å². The Morgan fingerprint density at radius 1 is 1.53 bits per heavy atom. The minimum Gasteiger partial charge on any atom is -0.444 e. The van der Waals surface area contributed by atoms with Gasteiger partial charge in [0.15, 0.2) is 0 Å². The number of rotatable bonds is 4. The van der Waals surface area contributed by atoms with Crippen LogP contribution in [0.2, 0.25) is 0 Å². The molecule has 3 atom stereocenters. The number of carbonyl (C=O) groups is 2. The molecular weight excluding hydrogens is 226 g/mol. The highest BCUT2D eigenvalue weighted by Gasteiger charge is 2.21. The topological polar surface area (TPSA) is 84.9 Å². The first kappa shape index (κ1) is 9.70. The van der Waals surface area contributed by atoms with Crippen molar-refractivity contribution in [3.05, 3.63) is 0 Å². The van der Waals surface area contributed by atoms with Gasteiger partial charge in [0.1, 0.15) is 5.60 Å². The number of hydrogen-bond acceptors (Lipinski definition) is 5. The summed E-state index contributed by atoms with van der Waals surface area (Å²) < 4.78 is 34.5. The van der Waals surface area contributed by atoms with Crippen molar-refractivity contribution in [2.24, 2.45) is 5.92 Å². The lowest BCUT2D eigenvalue weighted by atomic mass is 10.0. The second-order valence-electron chi connectivity index (χ2n) is 4.52. The highest BCUT2D eigenvalue weighted by molar-refractivity contribution is 5.71. The molecule has 0 saturated carbocycles. The van der Waals surface area contributed by atoms with E-state index in [0.717, 1.165) is 0 Å². The third-order valence-electron chi connectivity index (χ3n) is 1.57. The smallest absolute Gasteiger partial charge is 0.407 e. The van der Waals surface area contributed by atoms with Crippen LogP contribution in [0.3, 0.4) is 0 Å². The van der Waals surface area contributed by atoms with Gasteiger partial charge in [0.2, 0.25) is 0 Å². The van der Waals surface area contributed by atoms with Gasteiger partial charge in [-0.15, -0.1) is 0 Å². The molecule has 2 N–H and O–H groups in total. The number of carbonyl (C=O) groups excluding carboxylic acids is 2. The fraction of sp³-hybridized carbons (Fsp3) is 0.818. The molecule has 17 heavy (non-hydrogen) atoms. The maximum Gasteiger partial charge on any atom is 0.407 e. The van der Waals surface area contributed by atoms with Crippen molar-refractivity contribution in [3.63, 3.8) is 0 Å². The first-order valence-electron chi connectivity index (χ1n) is 7.14. The zero-order chi connectivity index (χ0) is 17.0. The van der Waals surface area contributed by atoms with Crippen molar-refractivity contribution in [2.75, 3.05) is 0 Å². The molecule has 0 aromatic heterocycles. The van der Waals surface area contributed by atoms with Crippen molar-refractivity contribution < 1.29 is 30.0 Å². The monoisotopic (exact) mass is 251 g/mol. The maximum atomic E-state index is 11.6. The Morgan fingerprint density at radius 3 is 2.53 bits per heavy atom. The molecule has 0 rings (SSSR count).